The van der Waals surface area contributed by atoms with Crippen molar-refractivity contribution >= 4 is 34.2 Å². The van der Waals surface area contributed by atoms with Gasteiger partial charge >= 0.3 is 0 Å². The molecule has 0 aliphatic rings. The first-order chi connectivity index (χ1) is 10.1. The number of carbonyl (C=O) groups is 1. The maximum Gasteiger partial charge on any atom is 0.265 e. The smallest absolute Gasteiger partial charge is 0.265 e. The molecule has 0 fully saturated rings. The fourth-order valence-electron chi connectivity index (χ4n) is 1.72. The largest absolute Gasteiger partial charge is 0.481 e. The average Bonchev–Trinajstić information content (AvgIpc) is 2.47. The molecule has 0 aromatic heterocycles. The number of anilines is 1. The molecule has 0 saturated carbocycles. The Morgan fingerprint density at radius 3 is 2.76 bits per heavy atom. The quantitative estimate of drug-likeness (QED) is 0.810. The number of carbonyl (C=O) groups excluding carboxylic acids is 1. The molecule has 0 saturated heterocycles. The lowest BCUT2D eigenvalue weighted by Gasteiger charge is -2.15. The Bertz CT molecular complexity index is 695. The van der Waals surface area contributed by atoms with Gasteiger partial charge in [0.05, 0.1) is 11.3 Å². The van der Waals surface area contributed by atoms with Crippen molar-refractivity contribution in [3.05, 3.63) is 57.7 Å². The maximum absolute atomic E-state index is 12.1. The summed E-state index contributed by atoms with van der Waals surface area (Å²) in [4.78, 5) is 12.1. The Morgan fingerprint density at radius 1 is 1.29 bits per heavy atom. The van der Waals surface area contributed by atoms with E-state index in [1.807, 2.05) is 24.3 Å². The van der Waals surface area contributed by atoms with Crippen molar-refractivity contribution in [3.8, 4) is 11.8 Å². The van der Waals surface area contributed by atoms with Gasteiger partial charge in [0, 0.05) is 3.57 Å². The van der Waals surface area contributed by atoms with Crippen molar-refractivity contribution in [1.82, 2.24) is 0 Å². The lowest BCUT2D eigenvalue weighted by molar-refractivity contribution is -0.122. The van der Waals surface area contributed by atoms with Crippen LogP contribution in [0.5, 0.6) is 5.75 Å². The number of rotatable bonds is 4. The molecule has 0 aliphatic carbocycles. The standard InChI is InChI=1S/C16H13IN2O2/c1-11(21-14-7-4-6-13(17)9-14)16(20)19-15-8-3-2-5-12(15)10-18/h2-9,11H,1H3,(H,19,20). The minimum absolute atomic E-state index is 0.295. The predicted molar refractivity (Wildman–Crippen MR) is 89.0 cm³/mol. The van der Waals surface area contributed by atoms with E-state index < -0.39 is 6.10 Å². The van der Waals surface area contributed by atoms with Gasteiger partial charge in [0.1, 0.15) is 11.8 Å². The van der Waals surface area contributed by atoms with Crippen LogP contribution in [0.25, 0.3) is 0 Å². The van der Waals surface area contributed by atoms with Gasteiger partial charge in [0.2, 0.25) is 0 Å². The number of nitrogens with zero attached hydrogens (tertiary/aromatic N) is 1. The highest BCUT2D eigenvalue weighted by atomic mass is 127. The number of para-hydroxylation sites is 1. The normalized spacial score (nSPS) is 11.3. The zero-order valence-corrected chi connectivity index (χ0v) is 13.5. The molecule has 0 bridgehead atoms. The van der Waals surface area contributed by atoms with Gasteiger partial charge in [-0.15, -0.1) is 0 Å². The van der Waals surface area contributed by atoms with Crippen LogP contribution in [0.15, 0.2) is 48.5 Å². The Kier molecular flexibility index (Phi) is 5.17. The Labute approximate surface area is 136 Å². The molecule has 1 amide bonds. The van der Waals surface area contributed by atoms with Crippen molar-refractivity contribution in [2.45, 2.75) is 13.0 Å². The topological polar surface area (TPSA) is 62.1 Å². The lowest BCUT2D eigenvalue weighted by atomic mass is 10.2. The summed E-state index contributed by atoms with van der Waals surface area (Å²) in [5, 5.41) is 11.7. The first-order valence-electron chi connectivity index (χ1n) is 6.32. The van der Waals surface area contributed by atoms with Crippen LogP contribution < -0.4 is 10.1 Å². The zero-order valence-electron chi connectivity index (χ0n) is 11.3. The Balaban J connectivity index is 2.05. The van der Waals surface area contributed by atoms with E-state index in [4.69, 9.17) is 10.00 Å². The van der Waals surface area contributed by atoms with Crippen LogP contribution in [0.3, 0.4) is 0 Å². The van der Waals surface area contributed by atoms with Crippen molar-refractivity contribution < 1.29 is 9.53 Å². The molecule has 0 radical (unpaired) electrons. The van der Waals surface area contributed by atoms with Gasteiger partial charge in [-0.05, 0) is 59.8 Å². The number of ether oxygens (including phenoxy) is 1. The van der Waals surface area contributed by atoms with E-state index >= 15 is 0 Å². The number of hydrogen-bond acceptors (Lipinski definition) is 3. The molecule has 1 N–H and O–H groups in total. The summed E-state index contributed by atoms with van der Waals surface area (Å²) in [6.07, 6.45) is -0.657. The monoisotopic (exact) mass is 392 g/mol. The molecule has 2 rings (SSSR count). The van der Waals surface area contributed by atoms with Crippen molar-refractivity contribution in [2.24, 2.45) is 0 Å². The fourth-order valence-corrected chi connectivity index (χ4v) is 2.24. The summed E-state index contributed by atoms with van der Waals surface area (Å²) in [6, 6.07) is 16.4. The van der Waals surface area contributed by atoms with E-state index in [1.54, 1.807) is 37.3 Å². The van der Waals surface area contributed by atoms with Gasteiger partial charge in [0.15, 0.2) is 6.10 Å². The van der Waals surface area contributed by atoms with E-state index in [1.165, 1.54) is 0 Å². The number of nitriles is 1. The Morgan fingerprint density at radius 2 is 2.05 bits per heavy atom. The Hall–Kier alpha value is -2.07. The third-order valence-electron chi connectivity index (χ3n) is 2.78. The number of nitrogens with one attached hydrogen (secondary N) is 1. The van der Waals surface area contributed by atoms with Crippen LogP contribution in [0.4, 0.5) is 5.69 Å². The molecule has 21 heavy (non-hydrogen) atoms. The van der Waals surface area contributed by atoms with Gasteiger partial charge in [-0.3, -0.25) is 4.79 Å². The van der Waals surface area contributed by atoms with Crippen molar-refractivity contribution in [2.75, 3.05) is 5.32 Å². The van der Waals surface area contributed by atoms with E-state index in [9.17, 15) is 4.79 Å². The molecule has 0 spiro atoms. The van der Waals surface area contributed by atoms with E-state index in [-0.39, 0.29) is 5.91 Å². The molecular formula is C16H13IN2O2. The molecule has 1 atom stereocenters. The third kappa shape index (κ3) is 4.20. The highest BCUT2D eigenvalue weighted by Crippen LogP contribution is 2.18. The average molecular weight is 392 g/mol. The van der Waals surface area contributed by atoms with Crippen LogP contribution >= 0.6 is 22.6 Å². The summed E-state index contributed by atoms with van der Waals surface area (Å²) in [5.74, 6) is 0.342. The predicted octanol–water partition coefficient (Wildman–Crippen LogP) is 3.57. The molecule has 2 aromatic rings. The van der Waals surface area contributed by atoms with E-state index in [2.05, 4.69) is 27.9 Å². The molecule has 106 valence electrons. The molecule has 0 aliphatic heterocycles. The van der Waals surface area contributed by atoms with Gasteiger partial charge in [-0.2, -0.15) is 5.26 Å². The first-order valence-corrected chi connectivity index (χ1v) is 7.40. The molecular weight excluding hydrogens is 379 g/mol. The van der Waals surface area contributed by atoms with E-state index in [0.717, 1.165) is 3.57 Å². The zero-order chi connectivity index (χ0) is 15.2. The SMILES string of the molecule is CC(Oc1cccc(I)c1)C(=O)Nc1ccccc1C#N. The molecule has 1 unspecified atom stereocenters. The number of benzene rings is 2. The second kappa shape index (κ2) is 7.09. The second-order valence-corrected chi connectivity index (χ2v) is 5.61. The van der Waals surface area contributed by atoms with Gasteiger partial charge in [0.25, 0.3) is 5.91 Å². The number of halogens is 1. The molecule has 4 nitrogen and oxygen atoms in total. The van der Waals surface area contributed by atoms with Crippen LogP contribution in [-0.2, 0) is 4.79 Å². The van der Waals surface area contributed by atoms with Gasteiger partial charge < -0.3 is 10.1 Å². The molecule has 2 aromatic carbocycles. The first kappa shape index (κ1) is 15.3. The summed E-state index contributed by atoms with van der Waals surface area (Å²) < 4.78 is 6.64. The van der Waals surface area contributed by atoms with Crippen LogP contribution in [0, 0.1) is 14.9 Å². The van der Waals surface area contributed by atoms with Crippen molar-refractivity contribution in [1.29, 1.82) is 5.26 Å². The molecule has 5 heteroatoms. The highest BCUT2D eigenvalue weighted by molar-refractivity contribution is 14.1. The van der Waals surface area contributed by atoms with Crippen LogP contribution in [0.2, 0.25) is 0 Å². The fraction of sp³-hybridized carbons (Fsp3) is 0.125. The van der Waals surface area contributed by atoms with Crippen molar-refractivity contribution in [3.63, 3.8) is 0 Å². The van der Waals surface area contributed by atoms with Gasteiger partial charge in [-0.25, -0.2) is 0 Å². The lowest BCUT2D eigenvalue weighted by Crippen LogP contribution is -2.30. The minimum atomic E-state index is -0.657. The summed E-state index contributed by atoms with van der Waals surface area (Å²) in [5.41, 5.74) is 0.912. The maximum atomic E-state index is 12.1. The minimum Gasteiger partial charge on any atom is -0.481 e. The second-order valence-electron chi connectivity index (χ2n) is 4.36. The van der Waals surface area contributed by atoms with Crippen LogP contribution in [-0.4, -0.2) is 12.0 Å². The summed E-state index contributed by atoms with van der Waals surface area (Å²) >= 11 is 2.18. The number of amides is 1. The number of hydrogen-bond donors (Lipinski definition) is 1. The summed E-state index contributed by atoms with van der Waals surface area (Å²) in [6.45, 7) is 1.67. The molecule has 0 heterocycles. The van der Waals surface area contributed by atoms with Crippen LogP contribution in [0.1, 0.15) is 12.5 Å². The summed E-state index contributed by atoms with van der Waals surface area (Å²) in [7, 11) is 0. The highest BCUT2D eigenvalue weighted by Gasteiger charge is 2.16. The van der Waals surface area contributed by atoms with Gasteiger partial charge in [-0.1, -0.05) is 18.2 Å². The van der Waals surface area contributed by atoms with E-state index in [0.29, 0.717) is 17.0 Å². The third-order valence-corrected chi connectivity index (χ3v) is 3.45.